The van der Waals surface area contributed by atoms with Gasteiger partial charge in [-0.3, -0.25) is 10.1 Å². The topological polar surface area (TPSA) is 98.2 Å². The van der Waals surface area contributed by atoms with E-state index in [1.807, 2.05) is 32.0 Å². The first-order chi connectivity index (χ1) is 13.0. The fourth-order valence-electron chi connectivity index (χ4n) is 2.87. The first-order valence-electron chi connectivity index (χ1n) is 8.26. The van der Waals surface area contributed by atoms with Crippen LogP contribution in [0.5, 0.6) is 0 Å². The van der Waals surface area contributed by atoms with Gasteiger partial charge in [0.1, 0.15) is 11.1 Å². The highest BCUT2D eigenvalue weighted by Crippen LogP contribution is 2.22. The van der Waals surface area contributed by atoms with Crippen molar-refractivity contribution in [3.63, 3.8) is 0 Å². The van der Waals surface area contributed by atoms with Gasteiger partial charge in [0, 0.05) is 10.9 Å². The molecule has 0 bridgehead atoms. The molecule has 134 valence electrons. The van der Waals surface area contributed by atoms with Gasteiger partial charge in [-0.1, -0.05) is 40.5 Å². The van der Waals surface area contributed by atoms with Gasteiger partial charge in [-0.25, -0.2) is 4.79 Å². The number of aromatic nitrogens is 2. The van der Waals surface area contributed by atoms with Gasteiger partial charge in [0.15, 0.2) is 0 Å². The smallest absolute Gasteiger partial charge is 0.349 e. The molecule has 0 aliphatic heterocycles. The van der Waals surface area contributed by atoms with Crippen LogP contribution in [0.4, 0.5) is 6.01 Å². The minimum Gasteiger partial charge on any atom is -0.422 e. The normalized spacial score (nSPS) is 10.9. The molecule has 0 atom stereocenters. The third-order valence-electron chi connectivity index (χ3n) is 4.00. The van der Waals surface area contributed by atoms with Crippen LogP contribution >= 0.6 is 0 Å². The zero-order chi connectivity index (χ0) is 19.0. The van der Waals surface area contributed by atoms with E-state index in [2.05, 4.69) is 15.5 Å². The predicted molar refractivity (Wildman–Crippen MR) is 99.6 cm³/mol. The van der Waals surface area contributed by atoms with Gasteiger partial charge in [-0.2, -0.15) is 0 Å². The first-order valence-corrected chi connectivity index (χ1v) is 8.26. The number of rotatable bonds is 3. The largest absolute Gasteiger partial charge is 0.422 e. The zero-order valence-electron chi connectivity index (χ0n) is 14.6. The molecule has 27 heavy (non-hydrogen) atoms. The third-order valence-corrected chi connectivity index (χ3v) is 4.00. The predicted octanol–water partition coefficient (Wildman–Crippen LogP) is 3.71. The van der Waals surface area contributed by atoms with Crippen molar-refractivity contribution in [3.8, 4) is 11.5 Å². The molecule has 4 aromatic rings. The summed E-state index contributed by atoms with van der Waals surface area (Å²) in [5.74, 6) is -0.396. The molecule has 4 rings (SSSR count). The molecule has 1 N–H and O–H groups in total. The fourth-order valence-corrected chi connectivity index (χ4v) is 2.87. The van der Waals surface area contributed by atoms with Gasteiger partial charge in [-0.15, -0.1) is 5.10 Å². The molecule has 0 radical (unpaired) electrons. The number of para-hydroxylation sites is 1. The number of nitrogens with one attached hydrogen (secondary N) is 1. The number of anilines is 1. The average Bonchev–Trinajstić information content (AvgIpc) is 3.08. The lowest BCUT2D eigenvalue weighted by Gasteiger charge is -2.02. The second-order valence-electron chi connectivity index (χ2n) is 6.23. The Kier molecular flexibility index (Phi) is 4.04. The number of hydrogen-bond acceptors (Lipinski definition) is 6. The van der Waals surface area contributed by atoms with E-state index in [1.165, 1.54) is 6.07 Å². The summed E-state index contributed by atoms with van der Waals surface area (Å²) in [6, 6.07) is 14.2. The van der Waals surface area contributed by atoms with Crippen LogP contribution in [0, 0.1) is 13.8 Å². The Morgan fingerprint density at radius 2 is 1.70 bits per heavy atom. The van der Waals surface area contributed by atoms with E-state index in [1.54, 1.807) is 24.3 Å². The number of hydrogen-bond donors (Lipinski definition) is 1. The lowest BCUT2D eigenvalue weighted by atomic mass is 10.1. The summed E-state index contributed by atoms with van der Waals surface area (Å²) in [5.41, 5.74) is 2.41. The molecule has 1 amide bonds. The molecule has 0 saturated heterocycles. The second kappa shape index (κ2) is 6.53. The number of fused-ring (bicyclic) bond motifs is 1. The summed E-state index contributed by atoms with van der Waals surface area (Å²) < 4.78 is 10.7. The van der Waals surface area contributed by atoms with Crippen LogP contribution < -0.4 is 10.9 Å². The van der Waals surface area contributed by atoms with Crippen molar-refractivity contribution in [1.82, 2.24) is 10.2 Å². The highest BCUT2D eigenvalue weighted by atomic mass is 16.4. The Morgan fingerprint density at radius 1 is 0.963 bits per heavy atom. The summed E-state index contributed by atoms with van der Waals surface area (Å²) in [6.45, 7) is 3.93. The van der Waals surface area contributed by atoms with Crippen molar-refractivity contribution in [3.05, 3.63) is 75.6 Å². The van der Waals surface area contributed by atoms with Crippen molar-refractivity contribution < 1.29 is 13.6 Å². The van der Waals surface area contributed by atoms with Crippen molar-refractivity contribution in [1.29, 1.82) is 0 Å². The van der Waals surface area contributed by atoms with E-state index in [0.717, 1.165) is 16.7 Å². The summed E-state index contributed by atoms with van der Waals surface area (Å²) in [5, 5.41) is 10.9. The van der Waals surface area contributed by atoms with Crippen LogP contribution in [0.25, 0.3) is 22.4 Å². The maximum absolute atomic E-state index is 12.4. The summed E-state index contributed by atoms with van der Waals surface area (Å²) >= 11 is 0. The molecule has 0 aliphatic rings. The maximum Gasteiger partial charge on any atom is 0.349 e. The standard InChI is InChI=1S/C20H15N3O4/c1-11-7-12(2)9-14(8-11)18-22-23-20(27-18)21-17(24)15-10-13-5-3-4-6-16(13)26-19(15)25/h3-10H,1-2H3,(H,21,23,24). The second-order valence-corrected chi connectivity index (χ2v) is 6.23. The van der Waals surface area contributed by atoms with Crippen molar-refractivity contribution >= 4 is 22.9 Å². The van der Waals surface area contributed by atoms with Crippen molar-refractivity contribution in [2.75, 3.05) is 5.32 Å². The number of nitrogens with zero attached hydrogens (tertiary/aromatic N) is 2. The lowest BCUT2D eigenvalue weighted by molar-refractivity contribution is 0.102. The highest BCUT2D eigenvalue weighted by molar-refractivity contribution is 6.04. The molecule has 0 unspecified atom stereocenters. The monoisotopic (exact) mass is 361 g/mol. The van der Waals surface area contributed by atoms with Gasteiger partial charge in [0.05, 0.1) is 0 Å². The molecule has 0 spiro atoms. The Balaban J connectivity index is 1.61. The first kappa shape index (κ1) is 16.7. The van der Waals surface area contributed by atoms with Gasteiger partial charge in [-0.05, 0) is 38.1 Å². The van der Waals surface area contributed by atoms with E-state index < -0.39 is 11.5 Å². The fraction of sp³-hybridized carbons (Fsp3) is 0.100. The number of aryl methyl sites for hydroxylation is 2. The molecular formula is C20H15N3O4. The molecule has 0 saturated carbocycles. The van der Waals surface area contributed by atoms with Crippen LogP contribution in [0.3, 0.4) is 0 Å². The quantitative estimate of drug-likeness (QED) is 0.559. The lowest BCUT2D eigenvalue weighted by Crippen LogP contribution is -2.20. The average molecular weight is 361 g/mol. The van der Waals surface area contributed by atoms with Crippen molar-refractivity contribution in [2.24, 2.45) is 0 Å². The van der Waals surface area contributed by atoms with E-state index in [-0.39, 0.29) is 17.5 Å². The minimum atomic E-state index is -0.736. The van der Waals surface area contributed by atoms with Crippen LogP contribution in [-0.4, -0.2) is 16.1 Å². The molecular weight excluding hydrogens is 346 g/mol. The molecule has 7 heteroatoms. The van der Waals surface area contributed by atoms with Gasteiger partial charge < -0.3 is 8.83 Å². The molecule has 2 heterocycles. The summed E-state index contributed by atoms with van der Waals surface area (Å²) in [4.78, 5) is 24.5. The van der Waals surface area contributed by atoms with E-state index in [0.29, 0.717) is 11.0 Å². The zero-order valence-corrected chi connectivity index (χ0v) is 14.6. The van der Waals surface area contributed by atoms with E-state index >= 15 is 0 Å². The maximum atomic E-state index is 12.4. The van der Waals surface area contributed by atoms with Crippen LogP contribution in [-0.2, 0) is 0 Å². The van der Waals surface area contributed by atoms with Gasteiger partial charge in [0.2, 0.25) is 5.89 Å². The number of carbonyl (C=O) groups is 1. The SMILES string of the molecule is Cc1cc(C)cc(-c2nnc(NC(=O)c3cc4ccccc4oc3=O)o2)c1. The third kappa shape index (κ3) is 3.35. The molecule has 0 fully saturated rings. The van der Waals surface area contributed by atoms with E-state index in [4.69, 9.17) is 8.83 Å². The van der Waals surface area contributed by atoms with Crippen molar-refractivity contribution in [2.45, 2.75) is 13.8 Å². The molecule has 0 aliphatic carbocycles. The number of carbonyl (C=O) groups excluding carboxylic acids is 1. The van der Waals surface area contributed by atoms with Crippen LogP contribution in [0.1, 0.15) is 21.5 Å². The molecule has 7 nitrogen and oxygen atoms in total. The highest BCUT2D eigenvalue weighted by Gasteiger charge is 2.17. The molecule has 2 aromatic carbocycles. The van der Waals surface area contributed by atoms with Gasteiger partial charge in [0.25, 0.3) is 5.91 Å². The minimum absolute atomic E-state index is 0.0956. The molecule has 2 aromatic heterocycles. The Morgan fingerprint density at radius 3 is 2.48 bits per heavy atom. The van der Waals surface area contributed by atoms with E-state index in [9.17, 15) is 9.59 Å². The number of amides is 1. The van der Waals surface area contributed by atoms with Gasteiger partial charge >= 0.3 is 11.6 Å². The van der Waals surface area contributed by atoms with Crippen LogP contribution in [0.2, 0.25) is 0 Å². The Labute approximate surface area is 153 Å². The summed E-state index contributed by atoms with van der Waals surface area (Å²) in [7, 11) is 0. The Hall–Kier alpha value is -3.74. The Bertz CT molecular complexity index is 1200. The summed E-state index contributed by atoms with van der Waals surface area (Å²) in [6.07, 6.45) is 0. The number of benzene rings is 2. The van der Waals surface area contributed by atoms with Crippen LogP contribution in [0.15, 0.2) is 62.2 Å².